The lowest BCUT2D eigenvalue weighted by Gasteiger charge is -2.25. The van der Waals surface area contributed by atoms with E-state index in [1.54, 1.807) is 7.11 Å². The number of hydrogen-bond acceptors (Lipinski definition) is 4. The molecule has 2 aromatic rings. The fourth-order valence-electron chi connectivity index (χ4n) is 2.95. The van der Waals surface area contributed by atoms with Gasteiger partial charge in [-0.25, -0.2) is 0 Å². The van der Waals surface area contributed by atoms with Crippen molar-refractivity contribution in [3.05, 3.63) is 46.8 Å². The highest BCUT2D eigenvalue weighted by Gasteiger charge is 2.18. The third kappa shape index (κ3) is 4.60. The first-order valence-electron chi connectivity index (χ1n) is 8.39. The fourth-order valence-corrected chi connectivity index (χ4v) is 2.95. The molecule has 6 nitrogen and oxygen atoms in total. The normalized spacial score (nSPS) is 12.3. The molecule has 0 aliphatic carbocycles. The fraction of sp³-hybridized carbons (Fsp3) is 0.474. The Labute approximate surface area is 149 Å². The first kappa shape index (κ1) is 19.0. The minimum absolute atomic E-state index is 0.00828. The van der Waals surface area contributed by atoms with Gasteiger partial charge in [-0.05, 0) is 45.6 Å². The Morgan fingerprint density at radius 1 is 1.36 bits per heavy atom. The Morgan fingerprint density at radius 2 is 2.08 bits per heavy atom. The van der Waals surface area contributed by atoms with E-state index in [-0.39, 0.29) is 11.9 Å². The van der Waals surface area contributed by atoms with Gasteiger partial charge in [0, 0.05) is 24.8 Å². The topological polar surface area (TPSA) is 59.4 Å². The number of benzene rings is 1. The van der Waals surface area contributed by atoms with Crippen molar-refractivity contribution in [2.45, 2.75) is 26.3 Å². The van der Waals surface area contributed by atoms with Gasteiger partial charge in [0.25, 0.3) is 0 Å². The van der Waals surface area contributed by atoms with E-state index < -0.39 is 0 Å². The lowest BCUT2D eigenvalue weighted by molar-refractivity contribution is -0.120. The van der Waals surface area contributed by atoms with Gasteiger partial charge < -0.3 is 15.0 Å². The summed E-state index contributed by atoms with van der Waals surface area (Å²) in [5.74, 6) is 0.825. The van der Waals surface area contributed by atoms with E-state index in [2.05, 4.69) is 21.4 Å². The van der Waals surface area contributed by atoms with Crippen LogP contribution in [-0.4, -0.2) is 48.3 Å². The van der Waals surface area contributed by atoms with Crippen LogP contribution in [0.5, 0.6) is 5.75 Å². The second-order valence-corrected chi connectivity index (χ2v) is 6.51. The predicted molar refractivity (Wildman–Crippen MR) is 98.8 cm³/mol. The van der Waals surface area contributed by atoms with Gasteiger partial charge >= 0.3 is 0 Å². The van der Waals surface area contributed by atoms with E-state index in [0.717, 1.165) is 28.3 Å². The average Bonchev–Trinajstić information content (AvgIpc) is 2.81. The number of nitrogens with zero attached hydrogens (tertiary/aromatic N) is 3. The Morgan fingerprint density at radius 3 is 2.64 bits per heavy atom. The van der Waals surface area contributed by atoms with Crippen molar-refractivity contribution >= 4 is 5.91 Å². The quantitative estimate of drug-likeness (QED) is 0.835. The van der Waals surface area contributed by atoms with Crippen molar-refractivity contribution in [1.82, 2.24) is 20.0 Å². The summed E-state index contributed by atoms with van der Waals surface area (Å²) in [6, 6.07) is 8.02. The van der Waals surface area contributed by atoms with E-state index in [1.165, 1.54) is 0 Å². The van der Waals surface area contributed by atoms with Gasteiger partial charge in [-0.1, -0.05) is 12.1 Å². The Hall–Kier alpha value is -2.34. The number of methoxy groups -OCH3 is 1. The van der Waals surface area contributed by atoms with Crippen LogP contribution in [0.4, 0.5) is 0 Å². The summed E-state index contributed by atoms with van der Waals surface area (Å²) < 4.78 is 7.12. The molecule has 1 aromatic carbocycles. The number of aromatic nitrogens is 2. The molecule has 2 rings (SSSR count). The first-order chi connectivity index (χ1) is 11.8. The average molecular weight is 344 g/mol. The second kappa shape index (κ2) is 8.16. The maximum atomic E-state index is 12.4. The smallest absolute Gasteiger partial charge is 0.224 e. The molecule has 1 atom stereocenters. The third-order valence-corrected chi connectivity index (χ3v) is 4.59. The largest absolute Gasteiger partial charge is 0.497 e. The van der Waals surface area contributed by atoms with Crippen molar-refractivity contribution < 1.29 is 9.53 Å². The minimum Gasteiger partial charge on any atom is -0.497 e. The maximum absolute atomic E-state index is 12.4. The van der Waals surface area contributed by atoms with Gasteiger partial charge in [0.1, 0.15) is 5.75 Å². The Balaban J connectivity index is 2.04. The summed E-state index contributed by atoms with van der Waals surface area (Å²) in [5.41, 5.74) is 4.05. The third-order valence-electron chi connectivity index (χ3n) is 4.59. The molecular weight excluding hydrogens is 316 g/mol. The SMILES string of the molecule is COc1cccc(C(CNC(=O)Cc2c(C)nn(C)c2C)N(C)C)c1. The Bertz CT molecular complexity index is 737. The van der Waals surface area contributed by atoms with Gasteiger partial charge in [0.2, 0.25) is 5.91 Å². The molecule has 1 amide bonds. The molecule has 0 saturated carbocycles. The second-order valence-electron chi connectivity index (χ2n) is 6.51. The molecule has 25 heavy (non-hydrogen) atoms. The molecule has 1 unspecified atom stereocenters. The first-order valence-corrected chi connectivity index (χ1v) is 8.39. The lowest BCUT2D eigenvalue weighted by Crippen LogP contribution is -2.35. The van der Waals surface area contributed by atoms with Gasteiger partial charge in [-0.15, -0.1) is 0 Å². The van der Waals surface area contributed by atoms with Gasteiger partial charge in [-0.2, -0.15) is 5.10 Å². The number of amides is 1. The highest BCUT2D eigenvalue weighted by atomic mass is 16.5. The Kier molecular flexibility index (Phi) is 6.20. The number of aryl methyl sites for hydroxylation is 2. The van der Waals surface area contributed by atoms with Crippen LogP contribution >= 0.6 is 0 Å². The molecule has 0 aliphatic rings. The van der Waals surface area contributed by atoms with Crippen molar-refractivity contribution in [3.63, 3.8) is 0 Å². The van der Waals surface area contributed by atoms with Gasteiger partial charge in [0.05, 0.1) is 25.3 Å². The zero-order valence-electron chi connectivity index (χ0n) is 16.0. The molecule has 136 valence electrons. The lowest BCUT2D eigenvalue weighted by atomic mass is 10.1. The zero-order chi connectivity index (χ0) is 18.6. The van der Waals surface area contributed by atoms with E-state index in [9.17, 15) is 4.79 Å². The zero-order valence-corrected chi connectivity index (χ0v) is 16.0. The number of rotatable bonds is 7. The van der Waals surface area contributed by atoms with E-state index >= 15 is 0 Å². The standard InChI is InChI=1S/C19H28N4O2/c1-13-17(14(2)23(5)21-13)11-19(24)20-12-18(22(3)4)15-8-7-9-16(10-15)25-6/h7-10,18H,11-12H2,1-6H3,(H,20,24). The summed E-state index contributed by atoms with van der Waals surface area (Å²) in [4.78, 5) is 14.5. The minimum atomic E-state index is 0.00828. The maximum Gasteiger partial charge on any atom is 0.224 e. The molecule has 1 N–H and O–H groups in total. The highest BCUT2D eigenvalue weighted by molar-refractivity contribution is 5.79. The van der Waals surface area contributed by atoms with Crippen LogP contribution in [0.2, 0.25) is 0 Å². The summed E-state index contributed by atoms with van der Waals surface area (Å²) in [6.07, 6.45) is 0.351. The van der Waals surface area contributed by atoms with E-state index in [4.69, 9.17) is 4.74 Å². The van der Waals surface area contributed by atoms with Crippen LogP contribution in [0.1, 0.15) is 28.6 Å². The number of ether oxygens (including phenoxy) is 1. The molecular formula is C19H28N4O2. The molecule has 1 heterocycles. The predicted octanol–water partition coefficient (Wildman–Crippen LogP) is 2.01. The molecule has 0 aliphatic heterocycles. The summed E-state index contributed by atoms with van der Waals surface area (Å²) in [6.45, 7) is 4.47. The van der Waals surface area contributed by atoms with Crippen molar-refractivity contribution in [3.8, 4) is 5.75 Å². The molecule has 0 radical (unpaired) electrons. The van der Waals surface area contributed by atoms with Crippen LogP contribution < -0.4 is 10.1 Å². The van der Waals surface area contributed by atoms with Crippen LogP contribution in [0, 0.1) is 13.8 Å². The molecule has 0 spiro atoms. The van der Waals surface area contributed by atoms with E-state index in [0.29, 0.717) is 13.0 Å². The van der Waals surface area contributed by atoms with Crippen LogP contribution in [0.15, 0.2) is 24.3 Å². The van der Waals surface area contributed by atoms with Crippen LogP contribution in [0.25, 0.3) is 0 Å². The van der Waals surface area contributed by atoms with Gasteiger partial charge in [-0.3, -0.25) is 9.48 Å². The number of carbonyl (C=O) groups is 1. The monoisotopic (exact) mass is 344 g/mol. The highest BCUT2D eigenvalue weighted by Crippen LogP contribution is 2.22. The molecule has 0 saturated heterocycles. The molecule has 6 heteroatoms. The van der Waals surface area contributed by atoms with Crippen molar-refractivity contribution in [1.29, 1.82) is 0 Å². The molecule has 1 aromatic heterocycles. The number of nitrogens with one attached hydrogen (secondary N) is 1. The molecule has 0 bridgehead atoms. The molecule has 0 fully saturated rings. The summed E-state index contributed by atoms with van der Waals surface area (Å²) in [5, 5.41) is 7.42. The number of likely N-dealkylation sites (N-methyl/N-ethyl adjacent to an activating group) is 1. The van der Waals surface area contributed by atoms with Crippen LogP contribution in [0.3, 0.4) is 0 Å². The van der Waals surface area contributed by atoms with Crippen molar-refractivity contribution in [2.75, 3.05) is 27.7 Å². The van der Waals surface area contributed by atoms with Crippen LogP contribution in [-0.2, 0) is 18.3 Å². The van der Waals surface area contributed by atoms with Crippen molar-refractivity contribution in [2.24, 2.45) is 7.05 Å². The van der Waals surface area contributed by atoms with E-state index in [1.807, 2.05) is 57.9 Å². The summed E-state index contributed by atoms with van der Waals surface area (Å²) in [7, 11) is 7.57. The number of carbonyl (C=O) groups excluding carboxylic acids is 1. The number of hydrogen-bond donors (Lipinski definition) is 1. The van der Waals surface area contributed by atoms with Gasteiger partial charge in [0.15, 0.2) is 0 Å². The summed E-state index contributed by atoms with van der Waals surface area (Å²) >= 11 is 0.